The minimum absolute atomic E-state index is 0.0214. The first-order valence-electron chi connectivity index (χ1n) is 11.8. The average Bonchev–Trinajstić information content (AvgIpc) is 3.33. The number of carbonyl (C=O) groups excluding carboxylic acids is 3. The summed E-state index contributed by atoms with van der Waals surface area (Å²) < 4.78 is 11.1. The van der Waals surface area contributed by atoms with Gasteiger partial charge in [0.05, 0.1) is 12.0 Å². The fourth-order valence-electron chi connectivity index (χ4n) is 5.25. The predicted octanol–water partition coefficient (Wildman–Crippen LogP) is 2.80. The average molecular weight is 464 g/mol. The van der Waals surface area contributed by atoms with Gasteiger partial charge >= 0.3 is 0 Å². The maximum Gasteiger partial charge on any atom is 0.254 e. The molecular weight excluding hydrogens is 434 g/mol. The summed E-state index contributed by atoms with van der Waals surface area (Å²) in [6.45, 7) is 6.27. The van der Waals surface area contributed by atoms with Gasteiger partial charge in [-0.05, 0) is 35.7 Å². The molecule has 1 saturated heterocycles. The molecule has 0 spiro atoms. The van der Waals surface area contributed by atoms with Crippen LogP contribution in [0.3, 0.4) is 0 Å². The molecule has 1 fully saturated rings. The topological polar surface area (TPSA) is 79.4 Å². The van der Waals surface area contributed by atoms with Crippen molar-refractivity contribution < 1.29 is 23.9 Å². The van der Waals surface area contributed by atoms with Crippen molar-refractivity contribution in [2.45, 2.75) is 32.2 Å². The summed E-state index contributed by atoms with van der Waals surface area (Å²) in [4.78, 5) is 44.9. The Hall–Kier alpha value is -3.55. The summed E-state index contributed by atoms with van der Waals surface area (Å²) in [6.07, 6.45) is 0.771. The monoisotopic (exact) mass is 463 g/mol. The Kier molecular flexibility index (Phi) is 5.89. The normalized spacial score (nSPS) is 21.5. The second-order valence-electron chi connectivity index (χ2n) is 8.95. The van der Waals surface area contributed by atoms with E-state index >= 15 is 0 Å². The smallest absolute Gasteiger partial charge is 0.254 e. The van der Waals surface area contributed by atoms with E-state index in [4.69, 9.17) is 9.47 Å². The van der Waals surface area contributed by atoms with Gasteiger partial charge in [0.25, 0.3) is 5.91 Å². The zero-order valence-corrected chi connectivity index (χ0v) is 19.5. The first-order chi connectivity index (χ1) is 16.5. The van der Waals surface area contributed by atoms with Crippen LogP contribution in [0.4, 0.5) is 0 Å². The Morgan fingerprint density at radius 1 is 0.971 bits per heavy atom. The molecule has 3 amide bonds. The second-order valence-corrected chi connectivity index (χ2v) is 8.95. The van der Waals surface area contributed by atoms with E-state index < -0.39 is 12.0 Å². The SMILES string of the molecule is CCCN1C(=O)c2ccccc2C(C(=O)N2CCN(C(C)=O)CC2)C1c1ccc2c(c1)OCO2. The lowest BCUT2D eigenvalue weighted by Gasteiger charge is -2.44. The van der Waals surface area contributed by atoms with Crippen LogP contribution in [0.5, 0.6) is 11.5 Å². The molecule has 8 nitrogen and oxygen atoms in total. The molecular formula is C26H29N3O5. The molecule has 178 valence electrons. The summed E-state index contributed by atoms with van der Waals surface area (Å²) in [5, 5.41) is 0. The van der Waals surface area contributed by atoms with Crippen molar-refractivity contribution in [1.29, 1.82) is 0 Å². The minimum Gasteiger partial charge on any atom is -0.454 e. The van der Waals surface area contributed by atoms with Crippen LogP contribution >= 0.6 is 0 Å². The van der Waals surface area contributed by atoms with Gasteiger partial charge in [-0.3, -0.25) is 14.4 Å². The summed E-state index contributed by atoms with van der Waals surface area (Å²) in [7, 11) is 0. The largest absolute Gasteiger partial charge is 0.454 e. The fraction of sp³-hybridized carbons (Fsp3) is 0.423. The van der Waals surface area contributed by atoms with Crippen LogP contribution in [-0.2, 0) is 9.59 Å². The van der Waals surface area contributed by atoms with E-state index in [0.717, 1.165) is 17.5 Å². The Bertz CT molecular complexity index is 1130. The third kappa shape index (κ3) is 3.77. The highest BCUT2D eigenvalue weighted by atomic mass is 16.7. The van der Waals surface area contributed by atoms with E-state index in [9.17, 15) is 14.4 Å². The Morgan fingerprint density at radius 3 is 2.41 bits per heavy atom. The van der Waals surface area contributed by atoms with E-state index in [1.165, 1.54) is 0 Å². The second kappa shape index (κ2) is 9.00. The summed E-state index contributed by atoms with van der Waals surface area (Å²) in [6, 6.07) is 12.6. The number of piperazine rings is 1. The van der Waals surface area contributed by atoms with Gasteiger partial charge in [0.2, 0.25) is 18.6 Å². The lowest BCUT2D eigenvalue weighted by Crippen LogP contribution is -2.54. The minimum atomic E-state index is -0.551. The highest BCUT2D eigenvalue weighted by Crippen LogP contribution is 2.46. The van der Waals surface area contributed by atoms with Crippen molar-refractivity contribution in [3.63, 3.8) is 0 Å². The number of fused-ring (bicyclic) bond motifs is 2. The van der Waals surface area contributed by atoms with Gasteiger partial charge < -0.3 is 24.2 Å². The molecule has 8 heteroatoms. The van der Waals surface area contributed by atoms with E-state index in [2.05, 4.69) is 0 Å². The zero-order chi connectivity index (χ0) is 23.8. The number of benzene rings is 2. The van der Waals surface area contributed by atoms with Crippen LogP contribution < -0.4 is 9.47 Å². The maximum atomic E-state index is 14.1. The van der Waals surface area contributed by atoms with Crippen molar-refractivity contribution in [3.8, 4) is 11.5 Å². The molecule has 5 rings (SSSR count). The Balaban J connectivity index is 1.58. The van der Waals surface area contributed by atoms with Crippen LogP contribution in [-0.4, -0.2) is 71.9 Å². The van der Waals surface area contributed by atoms with Crippen LogP contribution in [0.2, 0.25) is 0 Å². The number of amides is 3. The number of nitrogens with zero attached hydrogens (tertiary/aromatic N) is 3. The first-order valence-corrected chi connectivity index (χ1v) is 11.8. The van der Waals surface area contributed by atoms with Gasteiger partial charge in [-0.25, -0.2) is 0 Å². The van der Waals surface area contributed by atoms with Gasteiger partial charge in [0, 0.05) is 45.2 Å². The van der Waals surface area contributed by atoms with Crippen molar-refractivity contribution >= 4 is 17.7 Å². The Labute approximate surface area is 199 Å². The molecule has 2 unspecified atom stereocenters. The number of hydrogen-bond acceptors (Lipinski definition) is 5. The van der Waals surface area contributed by atoms with Gasteiger partial charge in [0.15, 0.2) is 11.5 Å². The molecule has 2 atom stereocenters. The van der Waals surface area contributed by atoms with Crippen LogP contribution in [0, 0.1) is 0 Å². The van der Waals surface area contributed by atoms with Crippen LogP contribution in [0.15, 0.2) is 42.5 Å². The van der Waals surface area contributed by atoms with E-state index in [-0.39, 0.29) is 24.5 Å². The molecule has 3 aliphatic heterocycles. The van der Waals surface area contributed by atoms with Crippen LogP contribution in [0.25, 0.3) is 0 Å². The molecule has 0 bridgehead atoms. The van der Waals surface area contributed by atoms with Crippen LogP contribution in [0.1, 0.15) is 53.7 Å². The number of carbonyl (C=O) groups is 3. The van der Waals surface area contributed by atoms with Gasteiger partial charge in [0.1, 0.15) is 0 Å². The predicted molar refractivity (Wildman–Crippen MR) is 125 cm³/mol. The van der Waals surface area contributed by atoms with Crippen molar-refractivity contribution in [2.24, 2.45) is 0 Å². The molecule has 0 radical (unpaired) electrons. The Morgan fingerprint density at radius 2 is 1.68 bits per heavy atom. The highest BCUT2D eigenvalue weighted by molar-refractivity contribution is 6.01. The van der Waals surface area contributed by atoms with Crippen molar-refractivity contribution in [1.82, 2.24) is 14.7 Å². The van der Waals surface area contributed by atoms with Gasteiger partial charge in [-0.2, -0.15) is 0 Å². The molecule has 0 saturated carbocycles. The van der Waals surface area contributed by atoms with Gasteiger partial charge in [-0.15, -0.1) is 0 Å². The molecule has 0 aromatic heterocycles. The first kappa shape index (κ1) is 22.3. The summed E-state index contributed by atoms with van der Waals surface area (Å²) in [5.74, 6) is 0.674. The van der Waals surface area contributed by atoms with Crippen molar-refractivity contribution in [2.75, 3.05) is 39.5 Å². The van der Waals surface area contributed by atoms with E-state index in [1.807, 2.05) is 59.2 Å². The third-order valence-electron chi connectivity index (χ3n) is 6.94. The maximum absolute atomic E-state index is 14.1. The standard InChI is InChI=1S/C26H29N3O5/c1-3-10-29-24(18-8-9-21-22(15-18)34-16-33-21)23(19-6-4-5-7-20(19)25(29)31)26(32)28-13-11-27(12-14-28)17(2)30/h4-9,15,23-24H,3,10-14,16H2,1-2H3. The quantitative estimate of drug-likeness (QED) is 0.697. The molecule has 3 heterocycles. The highest BCUT2D eigenvalue weighted by Gasteiger charge is 2.45. The molecule has 3 aliphatic rings. The molecule has 34 heavy (non-hydrogen) atoms. The summed E-state index contributed by atoms with van der Waals surface area (Å²) in [5.41, 5.74) is 2.18. The van der Waals surface area contributed by atoms with E-state index in [0.29, 0.717) is 49.8 Å². The van der Waals surface area contributed by atoms with E-state index in [1.54, 1.807) is 11.8 Å². The number of rotatable bonds is 4. The fourth-order valence-corrected chi connectivity index (χ4v) is 5.25. The lowest BCUT2D eigenvalue weighted by atomic mass is 9.78. The molecule has 2 aromatic carbocycles. The lowest BCUT2D eigenvalue weighted by molar-refractivity contribution is -0.140. The van der Waals surface area contributed by atoms with Crippen molar-refractivity contribution in [3.05, 3.63) is 59.2 Å². The zero-order valence-electron chi connectivity index (χ0n) is 19.5. The summed E-state index contributed by atoms with van der Waals surface area (Å²) >= 11 is 0. The molecule has 0 aliphatic carbocycles. The number of ether oxygens (including phenoxy) is 2. The number of hydrogen-bond donors (Lipinski definition) is 0. The molecule has 2 aromatic rings. The molecule has 0 N–H and O–H groups in total. The third-order valence-corrected chi connectivity index (χ3v) is 6.94. The van der Waals surface area contributed by atoms with Gasteiger partial charge in [-0.1, -0.05) is 31.2 Å².